The van der Waals surface area contributed by atoms with E-state index in [0.29, 0.717) is 0 Å². The Kier molecular flexibility index (Phi) is 44.7. The molecule has 110 heavy (non-hydrogen) atoms. The van der Waals surface area contributed by atoms with Crippen LogP contribution in [0.3, 0.4) is 0 Å². The summed E-state index contributed by atoms with van der Waals surface area (Å²) in [6.45, 7) is 64.8. The van der Waals surface area contributed by atoms with Crippen LogP contribution in [-0.2, 0) is 45.1 Å². The van der Waals surface area contributed by atoms with Gasteiger partial charge in [-0.05, 0) is 216 Å². The third-order valence-corrected chi connectivity index (χ3v) is 25.3. The third kappa shape index (κ3) is 32.2. The molecule has 0 spiro atoms. The number of hydrogen-bond acceptors (Lipinski definition) is 7. The van der Waals surface area contributed by atoms with Gasteiger partial charge in [-0.2, -0.15) is 20.0 Å². The molecule has 17 heteroatoms. The van der Waals surface area contributed by atoms with E-state index in [2.05, 4.69) is 295 Å². The fraction of sp³-hybridized carbons (Fsp3) is 0.333. The van der Waals surface area contributed by atoms with E-state index in [9.17, 15) is 0 Å². The van der Waals surface area contributed by atoms with E-state index in [4.69, 9.17) is 62.7 Å². The molecule has 0 amide bonds. The molecule has 0 unspecified atom stereocenters. The van der Waals surface area contributed by atoms with Crippen LogP contribution in [0.5, 0.6) is 0 Å². The molecule has 0 atom stereocenters. The smallest absolute Gasteiger partial charge is 0.197 e. The summed E-state index contributed by atoms with van der Waals surface area (Å²) in [5.74, 6) is 0. The van der Waals surface area contributed by atoms with Gasteiger partial charge in [0, 0.05) is 73.4 Å². The van der Waals surface area contributed by atoms with Gasteiger partial charge in [0.1, 0.15) is 10.6 Å². The molecular formula is C93H125Cl6N6OPRu3-4. The normalized spacial score (nSPS) is 12.9. The molecule has 3 aliphatic rings. The zero-order chi connectivity index (χ0) is 80.4. The quantitative estimate of drug-likeness (QED) is 0.0684. The summed E-state index contributed by atoms with van der Waals surface area (Å²) in [5, 5.41) is 2.58. The molecule has 8 aromatic carbocycles. The average Bonchev–Trinajstić information content (AvgIpc) is 1.64. The number of allylic oxidation sites excluding steroid dienone is 6. The van der Waals surface area contributed by atoms with Gasteiger partial charge in [0.05, 0.1) is 7.11 Å². The molecule has 608 valence electrons. The number of aryl methyl sites for hydroxylation is 18. The van der Waals surface area contributed by atoms with Gasteiger partial charge in [0.25, 0.3) is 0 Å². The van der Waals surface area contributed by atoms with Crippen molar-refractivity contribution < 1.29 is 45.1 Å². The van der Waals surface area contributed by atoms with E-state index in [1.807, 2.05) is 85.7 Å². The second kappa shape index (κ2) is 49.3. The number of hydrogen-bond donors (Lipinski definition) is 0. The molecule has 0 bridgehead atoms. The Labute approximate surface area is 708 Å². The van der Waals surface area contributed by atoms with Crippen LogP contribution < -0.4 is 40.0 Å². The Bertz CT molecular complexity index is 3680. The van der Waals surface area contributed by atoms with Gasteiger partial charge in [-0.1, -0.05) is 143 Å². The van der Waals surface area contributed by atoms with Gasteiger partial charge in [-0.3, -0.25) is 0 Å². The minimum Gasteiger partial charge on any atom is -0.502 e. The van der Waals surface area contributed by atoms with Crippen LogP contribution in [0.1, 0.15) is 142 Å². The first-order chi connectivity index (χ1) is 50.9. The van der Waals surface area contributed by atoms with Crippen molar-refractivity contribution >= 4 is 125 Å². The molecule has 0 saturated carbocycles. The molecule has 3 heterocycles. The van der Waals surface area contributed by atoms with Crippen molar-refractivity contribution in [2.45, 2.75) is 166 Å². The van der Waals surface area contributed by atoms with Crippen LogP contribution in [-0.4, -0.2) is 60.2 Å². The predicted molar refractivity (Wildman–Crippen MR) is 493 cm³/mol. The Hall–Kier alpha value is -4.61. The SMILES string of the molecule is CC(C)=C[CH]=[Ru]([Cl])[Cl].CC(C)=C[CH]=[Ru]([Cl])[Cl].CC(C)=C[CH]=[Ru]([Cl])[Cl].CO[PH+](c1ccccc1)c1ccccc1.Cc1cc(C)c(N2[CH-]N(c3c(C)cc(C)cc3C)CC2)c(C)c1.Cc1cc(C)c(N2[CH-]N(c3c(C)cc(C)cc3C)CC2)c(C)c1.Cc1cc(C)c(N2[CH-]N(c3c(C)cc(C)cc3C)CC2)c(C)c1.[CH3-].[CH3-]. The summed E-state index contributed by atoms with van der Waals surface area (Å²) in [6.07, 6.45) is 5.87. The van der Waals surface area contributed by atoms with E-state index in [0.717, 1.165) is 39.3 Å². The van der Waals surface area contributed by atoms with Crippen LogP contribution in [0, 0.1) is 159 Å². The van der Waals surface area contributed by atoms with Gasteiger partial charge >= 0.3 is 189 Å². The van der Waals surface area contributed by atoms with Gasteiger partial charge in [-0.25, -0.2) is 4.52 Å². The first-order valence-electron chi connectivity index (χ1n) is 36.4. The monoisotopic (exact) mass is 1890 g/mol. The van der Waals surface area contributed by atoms with Gasteiger partial charge < -0.3 is 44.3 Å². The third-order valence-electron chi connectivity index (χ3n) is 17.8. The van der Waals surface area contributed by atoms with Crippen molar-refractivity contribution in [2.24, 2.45) is 0 Å². The molecule has 0 radical (unpaired) electrons. The molecule has 7 nitrogen and oxygen atoms in total. The zero-order valence-corrected chi connectivity index (χ0v) is 81.3. The van der Waals surface area contributed by atoms with Crippen molar-refractivity contribution in [2.75, 3.05) is 75.8 Å². The number of anilines is 6. The number of benzene rings is 8. The summed E-state index contributed by atoms with van der Waals surface area (Å²) >= 11 is -4.56. The number of halogens is 6. The summed E-state index contributed by atoms with van der Waals surface area (Å²) in [4.78, 5) is 14.4. The minimum absolute atomic E-state index is 0. The maximum absolute atomic E-state index is 5.62. The topological polar surface area (TPSA) is 28.7 Å². The molecular weight excluding hydrogens is 1760 g/mol. The Morgan fingerprint density at radius 1 is 0.300 bits per heavy atom. The molecule has 0 N–H and O–H groups in total. The molecule has 3 fully saturated rings. The van der Waals surface area contributed by atoms with Crippen LogP contribution >= 0.6 is 66.3 Å². The summed E-state index contributed by atoms with van der Waals surface area (Å²) in [5.41, 5.74) is 36.2. The van der Waals surface area contributed by atoms with Crippen LogP contribution in [0.15, 0.2) is 168 Å². The van der Waals surface area contributed by atoms with Gasteiger partial charge in [0.2, 0.25) is 0 Å². The number of nitrogens with zero attached hydrogens (tertiary/aromatic N) is 6. The first kappa shape index (κ1) is 99.6. The first-order valence-corrected chi connectivity index (χ1v) is 54.3. The van der Waals surface area contributed by atoms with E-state index in [1.165, 1.54) is 162 Å². The standard InChI is InChI=1S/3C21H27N2.C13H13OP.3C5H8.2CH3.6ClH.3Ru/c3*1-14-9-16(3)20(17(4)10-14)22-7-8-23(13-22)21-18(5)11-15(2)12-19(21)6;1-14-15(12-8-4-2-5-9-12)13-10-6-3-7-11-13;3*1-4-5(2)3;;;;;;;;;;;/h3*9-13H,7-8H2,1-6H3;2-11H,1H3;3*1,4H,2-3H3;2*1H3;6*1H;;;/q3*-1;;;;;2*-1;;;;;;;3*+2/p-5. The fourth-order valence-electron chi connectivity index (χ4n) is 14.3. The molecule has 8 aromatic rings. The van der Waals surface area contributed by atoms with Crippen LogP contribution in [0.25, 0.3) is 0 Å². The Morgan fingerprint density at radius 2 is 0.455 bits per heavy atom. The van der Waals surface area contributed by atoms with Crippen molar-refractivity contribution in [1.82, 2.24) is 0 Å². The summed E-state index contributed by atoms with van der Waals surface area (Å²) in [7, 11) is 33.9. The Morgan fingerprint density at radius 3 is 0.573 bits per heavy atom. The minimum atomic E-state index is -1.52. The molecule has 0 aliphatic carbocycles. The van der Waals surface area contributed by atoms with Crippen molar-refractivity contribution in [3.63, 3.8) is 0 Å². The summed E-state index contributed by atoms with van der Waals surface area (Å²) in [6, 6.07) is 48.2. The van der Waals surface area contributed by atoms with E-state index >= 15 is 0 Å². The molecule has 3 aliphatic heterocycles. The summed E-state index contributed by atoms with van der Waals surface area (Å²) < 4.78 is 11.3. The van der Waals surface area contributed by atoms with E-state index in [-0.39, 0.29) is 14.9 Å². The molecule has 11 rings (SSSR count). The van der Waals surface area contributed by atoms with E-state index < -0.39 is 48.7 Å². The molecule has 0 aromatic heterocycles. The fourth-order valence-corrected chi connectivity index (χ4v) is 20.1. The van der Waals surface area contributed by atoms with Gasteiger partial charge in [-0.15, -0.1) is 0 Å². The maximum Gasteiger partial charge on any atom is 0.197 e. The van der Waals surface area contributed by atoms with Crippen LogP contribution in [0.4, 0.5) is 34.1 Å². The largest absolute Gasteiger partial charge is 0.502 e. The van der Waals surface area contributed by atoms with Crippen molar-refractivity contribution in [3.8, 4) is 0 Å². The predicted octanol–water partition coefficient (Wildman–Crippen LogP) is 26.3. The second-order valence-electron chi connectivity index (χ2n) is 29.0. The zero-order valence-electron chi connectivity index (χ0n) is 70.6. The van der Waals surface area contributed by atoms with Gasteiger partial charge in [0.15, 0.2) is 8.15 Å². The van der Waals surface area contributed by atoms with Crippen molar-refractivity contribution in [1.29, 1.82) is 0 Å². The number of rotatable bonds is 12. The molecule has 3 saturated heterocycles. The Balaban J connectivity index is 0.000000346. The maximum atomic E-state index is 5.62. The van der Waals surface area contributed by atoms with E-state index in [1.54, 1.807) is 7.11 Å². The van der Waals surface area contributed by atoms with Crippen molar-refractivity contribution in [3.05, 3.63) is 303 Å². The second-order valence-corrected chi connectivity index (χ2v) is 48.6. The van der Waals surface area contributed by atoms with Crippen LogP contribution in [0.2, 0.25) is 0 Å². The average molecular weight is 1890 g/mol.